The maximum absolute atomic E-state index is 12.6. The summed E-state index contributed by atoms with van der Waals surface area (Å²) in [5, 5.41) is 11.8. The Balaban J connectivity index is 2.16. The van der Waals surface area contributed by atoms with Gasteiger partial charge in [0.25, 0.3) is 0 Å². The van der Waals surface area contributed by atoms with Crippen molar-refractivity contribution in [3.63, 3.8) is 0 Å². The Labute approximate surface area is 188 Å². The van der Waals surface area contributed by atoms with Crippen LogP contribution in [0, 0.1) is 5.41 Å². The highest BCUT2D eigenvalue weighted by Gasteiger charge is 2.26. The molecule has 0 atom stereocenters. The Morgan fingerprint density at radius 2 is 1.52 bits per heavy atom. The summed E-state index contributed by atoms with van der Waals surface area (Å²) in [4.78, 5) is 38.1. The Morgan fingerprint density at radius 3 is 2.10 bits per heavy atom. The minimum atomic E-state index is -0.539. The fourth-order valence-electron chi connectivity index (χ4n) is 4.19. The Hall–Kier alpha value is -1.63. The van der Waals surface area contributed by atoms with E-state index in [0.717, 1.165) is 83.5 Å². The van der Waals surface area contributed by atoms with E-state index in [4.69, 9.17) is 5.21 Å². The molecular formula is C24H45N3O4. The number of hydrogen-bond acceptors (Lipinski definition) is 4. The minimum absolute atomic E-state index is 0.0560. The van der Waals surface area contributed by atoms with Gasteiger partial charge in [-0.3, -0.25) is 19.7 Å². The zero-order valence-electron chi connectivity index (χ0n) is 20.0. The van der Waals surface area contributed by atoms with Crippen LogP contribution in [0.2, 0.25) is 0 Å². The van der Waals surface area contributed by atoms with Crippen molar-refractivity contribution in [3.05, 3.63) is 0 Å². The molecule has 0 heterocycles. The lowest BCUT2D eigenvalue weighted by Gasteiger charge is -2.27. The predicted octanol–water partition coefficient (Wildman–Crippen LogP) is 5.31. The molecular weight excluding hydrogens is 394 g/mol. The van der Waals surface area contributed by atoms with Gasteiger partial charge in [-0.05, 0) is 32.1 Å². The second-order valence-corrected chi connectivity index (χ2v) is 9.63. The number of rotatable bonds is 14. The molecule has 4 amide bonds. The van der Waals surface area contributed by atoms with Gasteiger partial charge < -0.3 is 5.32 Å². The summed E-state index contributed by atoms with van der Waals surface area (Å²) in [5.41, 5.74) is 1.20. The highest BCUT2D eigenvalue weighted by molar-refractivity contribution is 5.94. The number of amides is 4. The van der Waals surface area contributed by atoms with Crippen LogP contribution in [0.3, 0.4) is 0 Å². The largest absolute Gasteiger partial charge is 0.335 e. The first-order valence-electron chi connectivity index (χ1n) is 12.4. The predicted molar refractivity (Wildman–Crippen MR) is 123 cm³/mol. The van der Waals surface area contributed by atoms with E-state index in [1.807, 2.05) is 20.8 Å². The summed E-state index contributed by atoms with van der Waals surface area (Å²) in [6.07, 6.45) is 14.7. The molecule has 31 heavy (non-hydrogen) atoms. The quantitative estimate of drug-likeness (QED) is 0.194. The fraction of sp³-hybridized carbons (Fsp3) is 0.875. The topological polar surface area (TPSA) is 98.7 Å². The number of carbonyl (C=O) groups excluding carboxylic acids is 3. The highest BCUT2D eigenvalue weighted by atomic mass is 16.5. The summed E-state index contributed by atoms with van der Waals surface area (Å²) >= 11 is 0. The summed E-state index contributed by atoms with van der Waals surface area (Å²) in [7, 11) is 0. The van der Waals surface area contributed by atoms with E-state index in [1.54, 1.807) is 5.48 Å². The van der Waals surface area contributed by atoms with Gasteiger partial charge in [0.15, 0.2) is 0 Å². The van der Waals surface area contributed by atoms with Crippen LogP contribution in [0.15, 0.2) is 0 Å². The summed E-state index contributed by atoms with van der Waals surface area (Å²) in [6, 6.07) is 0.00792. The van der Waals surface area contributed by atoms with Crippen molar-refractivity contribution < 1.29 is 19.6 Å². The maximum atomic E-state index is 12.6. The monoisotopic (exact) mass is 439 g/mol. The molecule has 1 fully saturated rings. The Bertz CT molecular complexity index is 545. The third kappa shape index (κ3) is 11.0. The number of nitrogens with one attached hydrogen (secondary N) is 2. The average Bonchev–Trinajstić information content (AvgIpc) is 2.75. The SMILES string of the molecule is CCCN(C(=O)CCCCCCCCCC(C)(C)C(=O)NO)C(=O)NC1CCCCC1. The second-order valence-electron chi connectivity index (χ2n) is 9.63. The van der Waals surface area contributed by atoms with Crippen molar-refractivity contribution >= 4 is 17.8 Å². The van der Waals surface area contributed by atoms with Crippen LogP contribution in [0.1, 0.15) is 117 Å². The molecule has 0 spiro atoms. The third-order valence-electron chi connectivity index (χ3n) is 6.33. The van der Waals surface area contributed by atoms with Gasteiger partial charge in [0.2, 0.25) is 11.8 Å². The van der Waals surface area contributed by atoms with E-state index in [0.29, 0.717) is 13.0 Å². The van der Waals surface area contributed by atoms with Crippen LogP contribution in [0.5, 0.6) is 0 Å². The van der Waals surface area contributed by atoms with Gasteiger partial charge in [-0.1, -0.05) is 78.6 Å². The van der Waals surface area contributed by atoms with Gasteiger partial charge in [0.05, 0.1) is 0 Å². The normalized spacial score (nSPS) is 14.8. The Kier molecular flexibility index (Phi) is 13.5. The van der Waals surface area contributed by atoms with E-state index < -0.39 is 5.41 Å². The Morgan fingerprint density at radius 1 is 0.935 bits per heavy atom. The molecule has 1 aliphatic rings. The van der Waals surface area contributed by atoms with Crippen LogP contribution in [-0.4, -0.2) is 40.5 Å². The van der Waals surface area contributed by atoms with Crippen molar-refractivity contribution in [2.75, 3.05) is 6.54 Å². The van der Waals surface area contributed by atoms with Crippen molar-refractivity contribution in [1.29, 1.82) is 0 Å². The van der Waals surface area contributed by atoms with Crippen molar-refractivity contribution in [3.8, 4) is 0 Å². The fourth-order valence-corrected chi connectivity index (χ4v) is 4.19. The van der Waals surface area contributed by atoms with Gasteiger partial charge in [0, 0.05) is 24.4 Å². The number of unbranched alkanes of at least 4 members (excludes halogenated alkanes) is 6. The first kappa shape index (κ1) is 27.4. The number of urea groups is 1. The van der Waals surface area contributed by atoms with E-state index in [2.05, 4.69) is 5.32 Å². The zero-order chi connectivity index (χ0) is 23.1. The van der Waals surface area contributed by atoms with E-state index in [-0.39, 0.29) is 23.9 Å². The highest BCUT2D eigenvalue weighted by Crippen LogP contribution is 2.24. The molecule has 0 radical (unpaired) electrons. The second kappa shape index (κ2) is 15.2. The molecule has 7 nitrogen and oxygen atoms in total. The van der Waals surface area contributed by atoms with Crippen LogP contribution < -0.4 is 10.8 Å². The third-order valence-corrected chi connectivity index (χ3v) is 6.33. The van der Waals surface area contributed by atoms with Gasteiger partial charge in [0.1, 0.15) is 0 Å². The van der Waals surface area contributed by atoms with Crippen LogP contribution in [0.4, 0.5) is 4.79 Å². The smallest absolute Gasteiger partial charge is 0.324 e. The number of hydroxylamine groups is 1. The van der Waals surface area contributed by atoms with Crippen LogP contribution in [-0.2, 0) is 9.59 Å². The lowest BCUT2D eigenvalue weighted by Crippen LogP contribution is -2.48. The number of carbonyl (C=O) groups is 3. The zero-order valence-corrected chi connectivity index (χ0v) is 20.0. The lowest BCUT2D eigenvalue weighted by atomic mass is 9.86. The number of imide groups is 1. The molecule has 3 N–H and O–H groups in total. The molecule has 0 aromatic heterocycles. The molecule has 180 valence electrons. The first-order valence-corrected chi connectivity index (χ1v) is 12.4. The van der Waals surface area contributed by atoms with Crippen LogP contribution in [0.25, 0.3) is 0 Å². The molecule has 0 aromatic carbocycles. The maximum Gasteiger partial charge on any atom is 0.324 e. The van der Waals surface area contributed by atoms with E-state index in [9.17, 15) is 14.4 Å². The molecule has 7 heteroatoms. The van der Waals surface area contributed by atoms with Crippen molar-refractivity contribution in [2.24, 2.45) is 5.41 Å². The van der Waals surface area contributed by atoms with Gasteiger partial charge in [-0.25, -0.2) is 10.3 Å². The standard InChI is InChI=1S/C24H45N3O4/c1-4-19-27(23(30)25-20-15-11-10-12-16-20)21(28)17-13-8-6-5-7-9-14-18-24(2,3)22(29)26-31/h20,31H,4-19H2,1-3H3,(H,25,30)(H,26,29). The molecule has 1 aliphatic carbocycles. The minimum Gasteiger partial charge on any atom is -0.335 e. The molecule has 0 unspecified atom stereocenters. The molecule has 0 bridgehead atoms. The van der Waals surface area contributed by atoms with Gasteiger partial charge >= 0.3 is 6.03 Å². The van der Waals surface area contributed by atoms with Crippen molar-refractivity contribution in [1.82, 2.24) is 15.7 Å². The summed E-state index contributed by atoms with van der Waals surface area (Å²) in [5.74, 6) is -0.388. The molecule has 1 rings (SSSR count). The summed E-state index contributed by atoms with van der Waals surface area (Å²) < 4.78 is 0. The van der Waals surface area contributed by atoms with Gasteiger partial charge in [-0.2, -0.15) is 0 Å². The average molecular weight is 440 g/mol. The first-order chi connectivity index (χ1) is 14.8. The number of nitrogens with zero attached hydrogens (tertiary/aromatic N) is 1. The van der Waals surface area contributed by atoms with Gasteiger partial charge in [-0.15, -0.1) is 0 Å². The molecule has 1 saturated carbocycles. The molecule has 0 aliphatic heterocycles. The van der Waals surface area contributed by atoms with Crippen LogP contribution >= 0.6 is 0 Å². The lowest BCUT2D eigenvalue weighted by molar-refractivity contribution is -0.138. The van der Waals surface area contributed by atoms with E-state index >= 15 is 0 Å². The number of hydrogen-bond donors (Lipinski definition) is 3. The summed E-state index contributed by atoms with van der Waals surface area (Å²) in [6.45, 7) is 6.16. The molecule has 0 saturated heterocycles. The van der Waals surface area contributed by atoms with E-state index in [1.165, 1.54) is 11.3 Å². The van der Waals surface area contributed by atoms with Crippen molar-refractivity contribution in [2.45, 2.75) is 123 Å². The molecule has 0 aromatic rings.